The van der Waals surface area contributed by atoms with Crippen LogP contribution in [0.1, 0.15) is 31.7 Å². The van der Waals surface area contributed by atoms with Crippen molar-refractivity contribution in [1.82, 2.24) is 10.2 Å². The molecule has 0 bridgehead atoms. The molecule has 2 heterocycles. The van der Waals surface area contributed by atoms with E-state index >= 15 is 0 Å². The fourth-order valence-electron chi connectivity index (χ4n) is 3.65. The largest absolute Gasteiger partial charge is 0.368 e. The summed E-state index contributed by atoms with van der Waals surface area (Å²) >= 11 is 0. The lowest BCUT2D eigenvalue weighted by Crippen LogP contribution is -2.50. The first-order chi connectivity index (χ1) is 12.3. The molecule has 1 atom stereocenters. The van der Waals surface area contributed by atoms with Gasteiger partial charge >= 0.3 is 0 Å². The lowest BCUT2D eigenvalue weighted by Gasteiger charge is -2.37. The maximum Gasteiger partial charge on any atom is 0.228 e. The van der Waals surface area contributed by atoms with Gasteiger partial charge in [0, 0.05) is 38.3 Å². The second-order valence-electron chi connectivity index (χ2n) is 7.28. The van der Waals surface area contributed by atoms with Crippen LogP contribution in [0, 0.1) is 12.7 Å². The minimum absolute atomic E-state index is 0.00403. The average molecular weight is 361 g/mol. The zero-order valence-corrected chi connectivity index (χ0v) is 15.2. The lowest BCUT2D eigenvalue weighted by atomic mass is 9.92. The maximum absolute atomic E-state index is 13.3. The summed E-state index contributed by atoms with van der Waals surface area (Å²) < 4.78 is 13.3. The molecule has 2 aliphatic rings. The Morgan fingerprint density at radius 3 is 2.50 bits per heavy atom. The molecule has 1 aromatic rings. The second kappa shape index (κ2) is 7.05. The Hall–Kier alpha value is -2.44. The van der Waals surface area contributed by atoms with Crippen molar-refractivity contribution in [2.75, 3.05) is 31.1 Å². The van der Waals surface area contributed by atoms with Gasteiger partial charge in [0.05, 0.1) is 12.0 Å². The molecule has 0 aliphatic carbocycles. The SMILES string of the molecule is Cc1cc(F)ccc1N1CCN(C(=O)CCC2(C)NC(=O)CC2=O)CC1. The average Bonchev–Trinajstić information content (AvgIpc) is 2.85. The van der Waals surface area contributed by atoms with E-state index in [0.717, 1.165) is 11.3 Å². The van der Waals surface area contributed by atoms with Gasteiger partial charge in [0.25, 0.3) is 0 Å². The van der Waals surface area contributed by atoms with E-state index in [-0.39, 0.29) is 36.3 Å². The Balaban J connectivity index is 1.52. The summed E-state index contributed by atoms with van der Waals surface area (Å²) in [5.74, 6) is -0.669. The second-order valence-corrected chi connectivity index (χ2v) is 7.28. The number of benzene rings is 1. The summed E-state index contributed by atoms with van der Waals surface area (Å²) in [6, 6.07) is 4.74. The van der Waals surface area contributed by atoms with Crippen LogP contribution in [0.15, 0.2) is 18.2 Å². The molecule has 1 aromatic carbocycles. The molecule has 0 radical (unpaired) electrons. The number of halogens is 1. The highest BCUT2D eigenvalue weighted by atomic mass is 19.1. The van der Waals surface area contributed by atoms with Crippen LogP contribution in [0.3, 0.4) is 0 Å². The molecule has 0 saturated carbocycles. The molecule has 1 N–H and O–H groups in total. The number of hydrogen-bond donors (Lipinski definition) is 1. The van der Waals surface area contributed by atoms with Crippen LogP contribution in [0.5, 0.6) is 0 Å². The van der Waals surface area contributed by atoms with E-state index in [2.05, 4.69) is 10.2 Å². The number of piperazine rings is 1. The lowest BCUT2D eigenvalue weighted by molar-refractivity contribution is -0.132. The third-order valence-corrected chi connectivity index (χ3v) is 5.32. The Bertz CT molecular complexity index is 744. The zero-order chi connectivity index (χ0) is 18.9. The van der Waals surface area contributed by atoms with Gasteiger partial charge in [0.2, 0.25) is 11.8 Å². The summed E-state index contributed by atoms with van der Waals surface area (Å²) in [6.45, 7) is 6.11. The summed E-state index contributed by atoms with van der Waals surface area (Å²) in [7, 11) is 0. The highest BCUT2D eigenvalue weighted by Crippen LogP contribution is 2.24. The number of anilines is 1. The number of aryl methyl sites for hydroxylation is 1. The number of carbonyl (C=O) groups excluding carboxylic acids is 3. The first-order valence-corrected chi connectivity index (χ1v) is 8.92. The predicted molar refractivity (Wildman–Crippen MR) is 95.3 cm³/mol. The highest BCUT2D eigenvalue weighted by molar-refractivity contribution is 6.10. The van der Waals surface area contributed by atoms with Crippen LogP contribution in [0.2, 0.25) is 0 Å². The number of amides is 2. The Labute approximate surface area is 152 Å². The molecule has 26 heavy (non-hydrogen) atoms. The molecule has 2 amide bonds. The van der Waals surface area contributed by atoms with Crippen molar-refractivity contribution in [3.05, 3.63) is 29.6 Å². The number of hydrogen-bond acceptors (Lipinski definition) is 4. The number of carbonyl (C=O) groups is 3. The molecular formula is C19H24FN3O3. The maximum atomic E-state index is 13.3. The van der Waals surface area contributed by atoms with E-state index < -0.39 is 5.54 Å². The number of ketones is 1. The molecular weight excluding hydrogens is 337 g/mol. The third-order valence-electron chi connectivity index (χ3n) is 5.32. The Morgan fingerprint density at radius 1 is 1.23 bits per heavy atom. The summed E-state index contributed by atoms with van der Waals surface area (Å²) in [4.78, 5) is 39.7. The first kappa shape index (κ1) is 18.4. The van der Waals surface area contributed by atoms with E-state index in [1.54, 1.807) is 17.9 Å². The zero-order valence-electron chi connectivity index (χ0n) is 15.2. The monoisotopic (exact) mass is 361 g/mol. The van der Waals surface area contributed by atoms with Crippen LogP contribution < -0.4 is 10.2 Å². The molecule has 2 aliphatic heterocycles. The van der Waals surface area contributed by atoms with Gasteiger partial charge < -0.3 is 15.1 Å². The van der Waals surface area contributed by atoms with Crippen molar-refractivity contribution in [2.45, 2.75) is 38.6 Å². The van der Waals surface area contributed by atoms with Gasteiger partial charge in [-0.15, -0.1) is 0 Å². The predicted octanol–water partition coefficient (Wildman–Crippen LogP) is 1.41. The van der Waals surface area contributed by atoms with E-state index in [1.165, 1.54) is 12.1 Å². The van der Waals surface area contributed by atoms with Crippen LogP contribution in [-0.2, 0) is 14.4 Å². The standard InChI is InChI=1S/C19H24FN3O3/c1-13-11-14(20)3-4-15(13)22-7-9-23(10-8-22)18(26)5-6-19(2)16(24)12-17(25)21-19/h3-4,11H,5-10,12H2,1-2H3,(H,21,25). The molecule has 7 heteroatoms. The van der Waals surface area contributed by atoms with E-state index in [0.29, 0.717) is 32.6 Å². The van der Waals surface area contributed by atoms with Crippen molar-refractivity contribution < 1.29 is 18.8 Å². The molecule has 0 aromatic heterocycles. The number of nitrogens with zero attached hydrogens (tertiary/aromatic N) is 2. The van der Waals surface area contributed by atoms with Crippen LogP contribution in [-0.4, -0.2) is 54.2 Å². The molecule has 2 saturated heterocycles. The fraction of sp³-hybridized carbons (Fsp3) is 0.526. The highest BCUT2D eigenvalue weighted by Gasteiger charge is 2.41. The number of nitrogens with one attached hydrogen (secondary N) is 1. The van der Waals surface area contributed by atoms with Gasteiger partial charge in [-0.25, -0.2) is 4.39 Å². The molecule has 0 spiro atoms. The molecule has 1 unspecified atom stereocenters. The molecule has 140 valence electrons. The smallest absolute Gasteiger partial charge is 0.228 e. The van der Waals surface area contributed by atoms with E-state index in [9.17, 15) is 18.8 Å². The minimum Gasteiger partial charge on any atom is -0.368 e. The first-order valence-electron chi connectivity index (χ1n) is 8.92. The van der Waals surface area contributed by atoms with Crippen LogP contribution in [0.25, 0.3) is 0 Å². The van der Waals surface area contributed by atoms with Crippen molar-refractivity contribution in [3.63, 3.8) is 0 Å². The quantitative estimate of drug-likeness (QED) is 0.824. The van der Waals surface area contributed by atoms with Gasteiger partial charge in [0.1, 0.15) is 5.82 Å². The summed E-state index contributed by atoms with van der Waals surface area (Å²) in [6.07, 6.45) is 0.464. The van der Waals surface area contributed by atoms with Crippen molar-refractivity contribution in [2.24, 2.45) is 0 Å². The molecule has 2 fully saturated rings. The number of rotatable bonds is 4. The van der Waals surface area contributed by atoms with Crippen molar-refractivity contribution in [1.29, 1.82) is 0 Å². The van der Waals surface area contributed by atoms with E-state index in [4.69, 9.17) is 0 Å². The molecule has 6 nitrogen and oxygen atoms in total. The summed E-state index contributed by atoms with van der Waals surface area (Å²) in [5.41, 5.74) is 0.957. The van der Waals surface area contributed by atoms with Gasteiger partial charge in [-0.2, -0.15) is 0 Å². The fourth-order valence-corrected chi connectivity index (χ4v) is 3.65. The van der Waals surface area contributed by atoms with Crippen molar-refractivity contribution in [3.8, 4) is 0 Å². The Kier molecular flexibility index (Phi) is 4.98. The minimum atomic E-state index is -0.917. The normalized spacial score (nSPS) is 23.3. The third kappa shape index (κ3) is 3.71. The topological polar surface area (TPSA) is 69.7 Å². The number of Topliss-reactive ketones (excluding diaryl/α,β-unsaturated/α-hetero) is 1. The molecule has 3 rings (SSSR count). The van der Waals surface area contributed by atoms with Crippen molar-refractivity contribution >= 4 is 23.3 Å². The van der Waals surface area contributed by atoms with Gasteiger partial charge in [-0.1, -0.05) is 0 Å². The van der Waals surface area contributed by atoms with Gasteiger partial charge in [-0.05, 0) is 44.0 Å². The van der Waals surface area contributed by atoms with E-state index in [1.807, 2.05) is 6.92 Å². The van der Waals surface area contributed by atoms with Crippen LogP contribution >= 0.6 is 0 Å². The Morgan fingerprint density at radius 2 is 1.92 bits per heavy atom. The summed E-state index contributed by atoms with van der Waals surface area (Å²) in [5, 5.41) is 2.68. The van der Waals surface area contributed by atoms with Gasteiger partial charge in [-0.3, -0.25) is 14.4 Å². The van der Waals surface area contributed by atoms with Gasteiger partial charge in [0.15, 0.2) is 5.78 Å². The van der Waals surface area contributed by atoms with Crippen LogP contribution in [0.4, 0.5) is 10.1 Å².